The summed E-state index contributed by atoms with van der Waals surface area (Å²) in [5.41, 5.74) is 4.80. The first-order chi connectivity index (χ1) is 12.0. The summed E-state index contributed by atoms with van der Waals surface area (Å²) in [7, 11) is 1.69. The van der Waals surface area contributed by atoms with E-state index in [-0.39, 0.29) is 18.4 Å². The first-order valence-electron chi connectivity index (χ1n) is 8.95. The first kappa shape index (κ1) is 17.4. The number of benzene rings is 1. The Kier molecular flexibility index (Phi) is 5.02. The maximum absolute atomic E-state index is 13.2. The van der Waals surface area contributed by atoms with E-state index in [9.17, 15) is 9.59 Å². The smallest absolute Gasteiger partial charge is 0.255 e. The molecule has 1 N–H and O–H groups in total. The van der Waals surface area contributed by atoms with Crippen LogP contribution in [0, 0.1) is 6.92 Å². The molecule has 5 heteroatoms. The molecular formula is C20H25N3O2. The van der Waals surface area contributed by atoms with Crippen molar-refractivity contribution in [1.82, 2.24) is 15.2 Å². The van der Waals surface area contributed by atoms with E-state index >= 15 is 0 Å². The first-order valence-corrected chi connectivity index (χ1v) is 8.95. The highest BCUT2D eigenvalue weighted by Gasteiger charge is 2.25. The van der Waals surface area contributed by atoms with Crippen LogP contribution in [0.2, 0.25) is 0 Å². The number of nitrogens with one attached hydrogen (secondary N) is 1. The van der Waals surface area contributed by atoms with Crippen LogP contribution >= 0.6 is 0 Å². The fourth-order valence-corrected chi connectivity index (χ4v) is 3.51. The van der Waals surface area contributed by atoms with Crippen LogP contribution in [0.5, 0.6) is 0 Å². The Morgan fingerprint density at radius 2 is 2.00 bits per heavy atom. The Hall–Kier alpha value is -2.43. The average Bonchev–Trinajstić information content (AvgIpc) is 2.59. The largest absolute Gasteiger partial charge is 0.355 e. The maximum atomic E-state index is 13.2. The Labute approximate surface area is 148 Å². The minimum Gasteiger partial charge on any atom is -0.355 e. The van der Waals surface area contributed by atoms with Gasteiger partial charge in [-0.1, -0.05) is 11.6 Å². The number of carbonyl (C=O) groups excluding carboxylic acids is 2. The van der Waals surface area contributed by atoms with E-state index < -0.39 is 0 Å². The fraction of sp³-hybridized carbons (Fsp3) is 0.450. The van der Waals surface area contributed by atoms with E-state index in [1.54, 1.807) is 7.05 Å². The van der Waals surface area contributed by atoms with E-state index in [2.05, 4.69) is 5.32 Å². The van der Waals surface area contributed by atoms with E-state index in [0.29, 0.717) is 6.54 Å². The molecule has 0 unspecified atom stereocenters. The molecule has 0 saturated heterocycles. The Morgan fingerprint density at radius 1 is 1.24 bits per heavy atom. The van der Waals surface area contributed by atoms with Crippen molar-refractivity contribution in [2.24, 2.45) is 0 Å². The van der Waals surface area contributed by atoms with Gasteiger partial charge in [-0.05, 0) is 57.2 Å². The van der Waals surface area contributed by atoms with Crippen molar-refractivity contribution in [2.45, 2.75) is 39.5 Å². The molecule has 1 aliphatic rings. The van der Waals surface area contributed by atoms with Gasteiger partial charge in [0.15, 0.2) is 0 Å². The van der Waals surface area contributed by atoms with Gasteiger partial charge in [0.1, 0.15) is 0 Å². The zero-order valence-corrected chi connectivity index (χ0v) is 15.2. The number of aromatic nitrogens is 1. The molecule has 0 saturated carbocycles. The molecule has 132 valence electrons. The van der Waals surface area contributed by atoms with Crippen molar-refractivity contribution in [3.8, 4) is 0 Å². The molecule has 3 rings (SSSR count). The second kappa shape index (κ2) is 7.21. The lowest BCUT2D eigenvalue weighted by molar-refractivity contribution is -0.121. The predicted octanol–water partition coefficient (Wildman–Crippen LogP) is 2.63. The highest BCUT2D eigenvalue weighted by Crippen LogP contribution is 2.30. The predicted molar refractivity (Wildman–Crippen MR) is 98.8 cm³/mol. The Morgan fingerprint density at radius 3 is 2.76 bits per heavy atom. The number of nitrogens with zero attached hydrogens (tertiary/aromatic N) is 2. The van der Waals surface area contributed by atoms with Crippen LogP contribution in [0.25, 0.3) is 10.9 Å². The average molecular weight is 339 g/mol. The van der Waals surface area contributed by atoms with Crippen LogP contribution in [-0.4, -0.2) is 41.8 Å². The molecule has 1 aliphatic carbocycles. The molecule has 25 heavy (non-hydrogen) atoms. The fourth-order valence-electron chi connectivity index (χ4n) is 3.51. The molecule has 2 amide bonds. The molecule has 1 aromatic heterocycles. The van der Waals surface area contributed by atoms with Crippen LogP contribution in [0.3, 0.4) is 0 Å². The van der Waals surface area contributed by atoms with Gasteiger partial charge in [-0.25, -0.2) is 0 Å². The summed E-state index contributed by atoms with van der Waals surface area (Å²) in [6.45, 7) is 4.52. The normalized spacial score (nSPS) is 13.4. The molecule has 0 atom stereocenters. The lowest BCUT2D eigenvalue weighted by atomic mass is 9.89. The maximum Gasteiger partial charge on any atom is 0.255 e. The van der Waals surface area contributed by atoms with Gasteiger partial charge in [0.25, 0.3) is 5.91 Å². The molecule has 0 fully saturated rings. The van der Waals surface area contributed by atoms with E-state index in [4.69, 9.17) is 4.98 Å². The zero-order chi connectivity index (χ0) is 18.0. The van der Waals surface area contributed by atoms with Crippen LogP contribution in [0.15, 0.2) is 18.2 Å². The van der Waals surface area contributed by atoms with Gasteiger partial charge < -0.3 is 10.2 Å². The van der Waals surface area contributed by atoms with Crippen molar-refractivity contribution in [2.75, 3.05) is 20.1 Å². The summed E-state index contributed by atoms with van der Waals surface area (Å²) in [6.07, 6.45) is 3.98. The number of amides is 2. The number of hydrogen-bond acceptors (Lipinski definition) is 3. The summed E-state index contributed by atoms with van der Waals surface area (Å²) in [5.74, 6) is -0.232. The van der Waals surface area contributed by atoms with Gasteiger partial charge in [-0.15, -0.1) is 0 Å². The number of fused-ring (bicyclic) bond motifs is 2. The van der Waals surface area contributed by atoms with Crippen molar-refractivity contribution in [3.63, 3.8) is 0 Å². The minimum atomic E-state index is -0.137. The van der Waals surface area contributed by atoms with Crippen molar-refractivity contribution < 1.29 is 9.59 Å². The number of hydrogen-bond donors (Lipinski definition) is 1. The number of aryl methyl sites for hydroxylation is 2. The topological polar surface area (TPSA) is 62.3 Å². The molecular weight excluding hydrogens is 314 g/mol. The second-order valence-electron chi connectivity index (χ2n) is 6.75. The number of carbonyl (C=O) groups is 2. The molecule has 0 radical (unpaired) electrons. The van der Waals surface area contributed by atoms with Crippen LogP contribution in [0.1, 0.15) is 46.9 Å². The lowest BCUT2D eigenvalue weighted by Gasteiger charge is -2.24. The third-order valence-corrected chi connectivity index (χ3v) is 4.73. The summed E-state index contributed by atoms with van der Waals surface area (Å²) in [5, 5.41) is 3.64. The number of likely N-dealkylation sites (N-methyl/N-ethyl adjacent to an activating group) is 2. The van der Waals surface area contributed by atoms with E-state index in [0.717, 1.165) is 59.0 Å². The summed E-state index contributed by atoms with van der Waals surface area (Å²) < 4.78 is 0. The Balaban J connectivity index is 2.08. The van der Waals surface area contributed by atoms with Crippen LogP contribution in [0.4, 0.5) is 0 Å². The summed E-state index contributed by atoms with van der Waals surface area (Å²) in [4.78, 5) is 31.4. The number of pyridine rings is 1. The quantitative estimate of drug-likeness (QED) is 0.931. The standard InChI is InChI=1S/C20H25N3O2/c1-4-21-18(24)12-23(3)20(25)19-14-7-5-6-8-16(14)22-17-10-9-13(2)11-15(17)19/h9-11H,4-8,12H2,1-3H3,(H,21,24). The van der Waals surface area contributed by atoms with Gasteiger partial charge in [-0.2, -0.15) is 0 Å². The van der Waals surface area contributed by atoms with E-state index in [1.165, 1.54) is 4.90 Å². The number of rotatable bonds is 4. The zero-order valence-electron chi connectivity index (χ0n) is 15.2. The molecule has 0 aliphatic heterocycles. The lowest BCUT2D eigenvalue weighted by Crippen LogP contribution is -2.38. The molecule has 5 nitrogen and oxygen atoms in total. The third kappa shape index (κ3) is 3.50. The van der Waals surface area contributed by atoms with Gasteiger partial charge in [0.2, 0.25) is 5.91 Å². The van der Waals surface area contributed by atoms with Crippen LogP contribution < -0.4 is 5.32 Å². The van der Waals surface area contributed by atoms with Crippen molar-refractivity contribution in [3.05, 3.63) is 40.6 Å². The molecule has 0 spiro atoms. The third-order valence-electron chi connectivity index (χ3n) is 4.73. The van der Waals surface area contributed by atoms with Gasteiger partial charge in [0, 0.05) is 24.7 Å². The SMILES string of the molecule is CCNC(=O)CN(C)C(=O)c1c2c(nc3ccc(C)cc13)CCCC2. The highest BCUT2D eigenvalue weighted by atomic mass is 16.2. The molecule has 2 aromatic rings. The summed E-state index contributed by atoms with van der Waals surface area (Å²) in [6, 6.07) is 6.04. The van der Waals surface area contributed by atoms with E-state index in [1.807, 2.05) is 32.0 Å². The molecule has 0 bridgehead atoms. The Bertz CT molecular complexity index is 829. The monoisotopic (exact) mass is 339 g/mol. The van der Waals surface area contributed by atoms with Crippen molar-refractivity contribution >= 4 is 22.7 Å². The summed E-state index contributed by atoms with van der Waals surface area (Å²) >= 11 is 0. The minimum absolute atomic E-state index is 0.0665. The highest BCUT2D eigenvalue weighted by molar-refractivity contribution is 6.08. The van der Waals surface area contributed by atoms with Gasteiger partial charge in [-0.3, -0.25) is 14.6 Å². The van der Waals surface area contributed by atoms with Gasteiger partial charge in [0.05, 0.1) is 17.6 Å². The molecule has 1 heterocycles. The molecule has 1 aromatic carbocycles. The van der Waals surface area contributed by atoms with Crippen LogP contribution in [-0.2, 0) is 17.6 Å². The van der Waals surface area contributed by atoms with Gasteiger partial charge >= 0.3 is 0 Å². The second-order valence-corrected chi connectivity index (χ2v) is 6.75. The van der Waals surface area contributed by atoms with Crippen molar-refractivity contribution in [1.29, 1.82) is 0 Å².